The number of methoxy groups -OCH3 is 1. The third kappa shape index (κ3) is 4.03. The summed E-state index contributed by atoms with van der Waals surface area (Å²) < 4.78 is 5.38. The lowest BCUT2D eigenvalue weighted by Crippen LogP contribution is -2.49. The predicted molar refractivity (Wildman–Crippen MR) is 96.2 cm³/mol. The molecule has 0 saturated carbocycles. The average Bonchev–Trinajstić information content (AvgIpc) is 2.62. The predicted octanol–water partition coefficient (Wildman–Crippen LogP) is 1.99. The highest BCUT2D eigenvalue weighted by Gasteiger charge is 2.24. The Morgan fingerprint density at radius 2 is 2.00 bits per heavy atom. The fraction of sp³-hybridized carbons (Fsp3) is 0.333. The van der Waals surface area contributed by atoms with Crippen molar-refractivity contribution in [2.75, 3.05) is 33.3 Å². The van der Waals surface area contributed by atoms with Gasteiger partial charge < -0.3 is 14.6 Å². The zero-order chi connectivity index (χ0) is 17.8. The van der Waals surface area contributed by atoms with E-state index in [1.54, 1.807) is 30.2 Å². The number of H-pyrrole nitrogens is 1. The Kier molecular flexibility index (Phi) is 5.40. The molecular formula is C18H20ClN3O3. The summed E-state index contributed by atoms with van der Waals surface area (Å²) in [5.41, 5.74) is 0.861. The van der Waals surface area contributed by atoms with Gasteiger partial charge in [-0.25, -0.2) is 0 Å². The molecule has 25 heavy (non-hydrogen) atoms. The smallest absolute Gasteiger partial charge is 0.260 e. The van der Waals surface area contributed by atoms with Gasteiger partial charge in [-0.05, 0) is 30.3 Å². The molecule has 1 aliphatic heterocycles. The van der Waals surface area contributed by atoms with Crippen molar-refractivity contribution in [2.24, 2.45) is 0 Å². The summed E-state index contributed by atoms with van der Waals surface area (Å²) in [5.74, 6) is 0.584. The molecule has 6 nitrogen and oxygen atoms in total. The summed E-state index contributed by atoms with van der Waals surface area (Å²) in [7, 11) is 1.64. The van der Waals surface area contributed by atoms with Gasteiger partial charge in [0.15, 0.2) is 0 Å². The van der Waals surface area contributed by atoms with Crippen LogP contribution in [0.3, 0.4) is 0 Å². The number of aromatic nitrogens is 1. The first kappa shape index (κ1) is 17.5. The maximum atomic E-state index is 12.5. The van der Waals surface area contributed by atoms with Crippen molar-refractivity contribution in [3.63, 3.8) is 0 Å². The van der Waals surface area contributed by atoms with E-state index in [4.69, 9.17) is 16.3 Å². The Labute approximate surface area is 151 Å². The van der Waals surface area contributed by atoms with Crippen LogP contribution in [0.5, 0.6) is 5.75 Å². The minimum Gasteiger partial charge on any atom is -0.496 e. The average molecular weight is 362 g/mol. The number of carbonyl (C=O) groups is 1. The Morgan fingerprint density at radius 1 is 1.24 bits per heavy atom. The molecule has 2 heterocycles. The van der Waals surface area contributed by atoms with Crippen LogP contribution in [0.4, 0.5) is 0 Å². The minimum absolute atomic E-state index is 0.187. The highest BCUT2D eigenvalue weighted by molar-refractivity contribution is 6.30. The number of hydrogen-bond donors (Lipinski definition) is 1. The van der Waals surface area contributed by atoms with E-state index >= 15 is 0 Å². The van der Waals surface area contributed by atoms with E-state index < -0.39 is 0 Å². The van der Waals surface area contributed by atoms with Crippen LogP contribution in [0.1, 0.15) is 15.9 Å². The molecule has 0 bridgehead atoms. The number of ether oxygens (including phenoxy) is 1. The molecule has 1 amide bonds. The lowest BCUT2D eigenvalue weighted by Gasteiger charge is -2.34. The van der Waals surface area contributed by atoms with E-state index in [0.717, 1.165) is 24.4 Å². The van der Waals surface area contributed by atoms with Gasteiger partial charge in [0.1, 0.15) is 11.3 Å². The third-order valence-electron chi connectivity index (χ3n) is 4.34. The first-order valence-corrected chi connectivity index (χ1v) is 8.48. The lowest BCUT2D eigenvalue weighted by molar-refractivity contribution is 0.0625. The Morgan fingerprint density at radius 3 is 2.68 bits per heavy atom. The van der Waals surface area contributed by atoms with Crippen molar-refractivity contribution < 1.29 is 9.53 Å². The topological polar surface area (TPSA) is 65.6 Å². The molecule has 7 heteroatoms. The van der Waals surface area contributed by atoms with E-state index in [2.05, 4.69) is 9.88 Å². The quantitative estimate of drug-likeness (QED) is 0.904. The number of nitrogens with one attached hydrogen (secondary N) is 1. The summed E-state index contributed by atoms with van der Waals surface area (Å²) >= 11 is 6.08. The molecule has 2 aromatic rings. The van der Waals surface area contributed by atoms with Gasteiger partial charge in [0.2, 0.25) is 0 Å². The van der Waals surface area contributed by atoms with Crippen LogP contribution in [0.2, 0.25) is 5.02 Å². The summed E-state index contributed by atoms with van der Waals surface area (Å²) in [6.45, 7) is 3.32. The third-order valence-corrected chi connectivity index (χ3v) is 4.58. The first-order chi connectivity index (χ1) is 12.1. The van der Waals surface area contributed by atoms with Crippen LogP contribution in [-0.4, -0.2) is 54.0 Å². The highest BCUT2D eigenvalue weighted by Crippen LogP contribution is 2.24. The number of rotatable bonds is 4. The van der Waals surface area contributed by atoms with Gasteiger partial charge in [-0.15, -0.1) is 0 Å². The molecule has 0 radical (unpaired) electrons. The normalized spacial score (nSPS) is 15.2. The Bertz CT molecular complexity index is 813. The number of aromatic amines is 1. The van der Waals surface area contributed by atoms with Crippen molar-refractivity contribution >= 4 is 17.5 Å². The summed E-state index contributed by atoms with van der Waals surface area (Å²) in [6.07, 6.45) is 1.52. The van der Waals surface area contributed by atoms with Crippen molar-refractivity contribution in [2.45, 2.75) is 6.54 Å². The van der Waals surface area contributed by atoms with Crippen LogP contribution < -0.4 is 10.3 Å². The largest absolute Gasteiger partial charge is 0.496 e. The highest BCUT2D eigenvalue weighted by atomic mass is 35.5. The molecule has 1 fully saturated rings. The number of amides is 1. The SMILES string of the molecule is COc1ccc(Cl)cc1CN1CCN(C(=O)c2ccc[nH]c2=O)CC1. The van der Waals surface area contributed by atoms with E-state index in [-0.39, 0.29) is 17.0 Å². The van der Waals surface area contributed by atoms with Crippen LogP contribution in [0.15, 0.2) is 41.3 Å². The van der Waals surface area contributed by atoms with E-state index in [9.17, 15) is 9.59 Å². The van der Waals surface area contributed by atoms with Crippen LogP contribution >= 0.6 is 11.6 Å². The molecule has 0 unspecified atom stereocenters. The van der Waals surface area contributed by atoms with Gasteiger partial charge in [-0.2, -0.15) is 0 Å². The second-order valence-corrected chi connectivity index (χ2v) is 6.37. The number of benzene rings is 1. The van der Waals surface area contributed by atoms with Crippen LogP contribution in [0, 0.1) is 0 Å². The molecule has 3 rings (SSSR count). The number of carbonyl (C=O) groups excluding carboxylic acids is 1. The van der Waals surface area contributed by atoms with Gasteiger partial charge in [-0.1, -0.05) is 11.6 Å². The van der Waals surface area contributed by atoms with Gasteiger partial charge in [-0.3, -0.25) is 14.5 Å². The number of pyridine rings is 1. The van der Waals surface area contributed by atoms with E-state index in [1.807, 2.05) is 12.1 Å². The van der Waals surface area contributed by atoms with E-state index in [1.165, 1.54) is 6.20 Å². The summed E-state index contributed by atoms with van der Waals surface area (Å²) in [6, 6.07) is 8.79. The number of hydrogen-bond acceptors (Lipinski definition) is 4. The maximum absolute atomic E-state index is 12.5. The molecule has 1 aliphatic rings. The summed E-state index contributed by atoms with van der Waals surface area (Å²) in [4.78, 5) is 30.8. The van der Waals surface area contributed by atoms with Crippen molar-refractivity contribution in [3.8, 4) is 5.75 Å². The molecule has 1 saturated heterocycles. The molecule has 0 atom stereocenters. The Hall–Kier alpha value is -2.31. The van der Waals surface area contributed by atoms with E-state index in [0.29, 0.717) is 24.7 Å². The molecular weight excluding hydrogens is 342 g/mol. The van der Waals surface area contributed by atoms with Crippen LogP contribution in [0.25, 0.3) is 0 Å². The number of piperazine rings is 1. The second kappa shape index (κ2) is 7.72. The van der Waals surface area contributed by atoms with Crippen molar-refractivity contribution in [1.29, 1.82) is 0 Å². The zero-order valence-electron chi connectivity index (χ0n) is 14.0. The maximum Gasteiger partial charge on any atom is 0.260 e. The number of nitrogens with zero attached hydrogens (tertiary/aromatic N) is 2. The Balaban J connectivity index is 1.63. The molecule has 0 aliphatic carbocycles. The molecule has 1 aromatic heterocycles. The molecule has 1 aromatic carbocycles. The van der Waals surface area contributed by atoms with Crippen LogP contribution in [-0.2, 0) is 6.54 Å². The molecule has 1 N–H and O–H groups in total. The number of halogens is 1. The van der Waals surface area contributed by atoms with Crippen molar-refractivity contribution in [3.05, 3.63) is 63.0 Å². The van der Waals surface area contributed by atoms with Gasteiger partial charge in [0, 0.05) is 49.5 Å². The lowest BCUT2D eigenvalue weighted by atomic mass is 10.1. The minimum atomic E-state index is -0.349. The molecule has 132 valence electrons. The standard InChI is InChI=1S/C18H20ClN3O3/c1-25-16-5-4-14(19)11-13(16)12-21-7-9-22(10-8-21)18(24)15-3-2-6-20-17(15)23/h2-6,11H,7-10,12H2,1H3,(H,20,23). The second-order valence-electron chi connectivity index (χ2n) is 5.94. The fourth-order valence-electron chi connectivity index (χ4n) is 2.98. The van der Waals surface area contributed by atoms with Gasteiger partial charge in [0.05, 0.1) is 7.11 Å². The first-order valence-electron chi connectivity index (χ1n) is 8.10. The molecule has 0 spiro atoms. The fourth-order valence-corrected chi connectivity index (χ4v) is 3.18. The zero-order valence-corrected chi connectivity index (χ0v) is 14.8. The van der Waals surface area contributed by atoms with Gasteiger partial charge >= 0.3 is 0 Å². The monoisotopic (exact) mass is 361 g/mol. The summed E-state index contributed by atoms with van der Waals surface area (Å²) in [5, 5.41) is 0.674. The van der Waals surface area contributed by atoms with Crippen molar-refractivity contribution in [1.82, 2.24) is 14.8 Å². The van der Waals surface area contributed by atoms with Gasteiger partial charge in [0.25, 0.3) is 11.5 Å².